The first-order valence-electron chi connectivity index (χ1n) is 27.0. The number of rotatable bonds is 10. The molecule has 73 heavy (non-hydrogen) atoms. The van der Waals surface area contributed by atoms with Gasteiger partial charge in [0.25, 0.3) is 0 Å². The first-order valence-corrected chi connectivity index (χ1v) is 27.8. The number of nitrogens with zero attached hydrogens (tertiary/aromatic N) is 3. The number of benzene rings is 2. The normalized spacial score (nSPS) is 22.1. The quantitative estimate of drug-likeness (QED) is 0.122. The zero-order chi connectivity index (χ0) is 53.5. The predicted octanol–water partition coefficient (Wildman–Crippen LogP) is 13.8. The molecule has 2 atom stereocenters. The Kier molecular flexibility index (Phi) is 19.7. The maximum absolute atomic E-state index is 13.8. The van der Waals surface area contributed by atoms with Gasteiger partial charge in [-0.25, -0.2) is 9.59 Å². The molecule has 0 bridgehead atoms. The molecular weight excluding hydrogens is 964 g/mol. The van der Waals surface area contributed by atoms with E-state index in [1.54, 1.807) is 23.9 Å². The number of amides is 3. The number of carboxylic acid groups (broad SMARTS) is 1. The molecule has 0 spiro atoms. The van der Waals surface area contributed by atoms with Crippen molar-refractivity contribution in [1.29, 1.82) is 0 Å². The lowest BCUT2D eigenvalue weighted by molar-refractivity contribution is -0.143. The fraction of sp³-hybridized carbons (Fsp3) is 0.655. The lowest BCUT2D eigenvalue weighted by Gasteiger charge is -2.40. The van der Waals surface area contributed by atoms with Crippen LogP contribution in [0, 0.1) is 35.5 Å². The molecule has 0 radical (unpaired) electrons. The first-order chi connectivity index (χ1) is 34.3. The summed E-state index contributed by atoms with van der Waals surface area (Å²) in [6.07, 6.45) is 10.2. The van der Waals surface area contributed by atoms with Crippen molar-refractivity contribution in [3.05, 3.63) is 69.0 Å². The number of carboxylic acids is 1. The Morgan fingerprint density at radius 1 is 0.671 bits per heavy atom. The minimum absolute atomic E-state index is 0.0530. The molecule has 4 heterocycles. The topological polar surface area (TPSA) is 160 Å². The van der Waals surface area contributed by atoms with Gasteiger partial charge in [-0.15, -0.1) is 0 Å². The van der Waals surface area contributed by atoms with Crippen LogP contribution in [0.4, 0.5) is 9.59 Å². The molecule has 4 aliphatic rings. The summed E-state index contributed by atoms with van der Waals surface area (Å²) in [6, 6.07) is 12.6. The summed E-state index contributed by atoms with van der Waals surface area (Å²) in [4.78, 5) is 61.5. The van der Waals surface area contributed by atoms with Gasteiger partial charge in [-0.2, -0.15) is 0 Å². The van der Waals surface area contributed by atoms with Gasteiger partial charge in [0.15, 0.2) is 0 Å². The molecule has 13 nitrogen and oxygen atoms in total. The zero-order valence-electron chi connectivity index (χ0n) is 45.9. The van der Waals surface area contributed by atoms with Crippen LogP contribution in [-0.2, 0) is 31.9 Å². The molecule has 2 aromatic heterocycles. The zero-order valence-corrected chi connectivity index (χ0v) is 47.4. The van der Waals surface area contributed by atoms with Gasteiger partial charge in [-0.3, -0.25) is 9.59 Å². The minimum Gasteiger partial charge on any atom is -0.481 e. The third-order valence-corrected chi connectivity index (χ3v) is 15.4. The Balaban J connectivity index is 0.000000197. The van der Waals surface area contributed by atoms with E-state index in [9.17, 15) is 19.2 Å². The van der Waals surface area contributed by atoms with Crippen molar-refractivity contribution in [2.24, 2.45) is 35.5 Å². The van der Waals surface area contributed by atoms with Crippen LogP contribution in [-0.4, -0.2) is 105 Å². The number of carbonyl (C=O) groups is 4. The minimum atomic E-state index is -0.695. The van der Waals surface area contributed by atoms with E-state index in [-0.39, 0.29) is 36.0 Å². The standard InChI is InChI=1S/C29H42ClN3O3.C15H19ClN2.C14H25NO4/c1-18(2)16-24-26-21(25-22(30)8-7-9-23(25)31-26)14-15-33(24)27(34)20-12-10-19(11-13-20)17-32(6)28(35)36-29(3,4)5;1-9(2)8-13-15-10(6-7-17-13)14-11(16)4-3-5-12(14)18-15;1-14(2,3)19-13(18)15(4)9-10-5-7-11(8-6-10)12(16)17/h7-9,18-20,24,31H,10-17H2,1-6H3;3-5,9,13,17-18H,6-8H2,1-2H3;10-11H,5-9H2,1-4H3,(H,16,17). The van der Waals surface area contributed by atoms with Crippen LogP contribution in [0.2, 0.25) is 10.0 Å². The van der Waals surface area contributed by atoms with Crippen molar-refractivity contribution >= 4 is 69.1 Å². The van der Waals surface area contributed by atoms with Gasteiger partial charge in [0.2, 0.25) is 5.91 Å². The fourth-order valence-electron chi connectivity index (χ4n) is 11.3. The van der Waals surface area contributed by atoms with Crippen LogP contribution in [0.1, 0.15) is 168 Å². The highest BCUT2D eigenvalue weighted by molar-refractivity contribution is 6.36. The summed E-state index contributed by atoms with van der Waals surface area (Å²) >= 11 is 12.9. The van der Waals surface area contributed by atoms with Gasteiger partial charge < -0.3 is 44.6 Å². The van der Waals surface area contributed by atoms with E-state index < -0.39 is 17.2 Å². The van der Waals surface area contributed by atoms with Crippen LogP contribution in [0.15, 0.2) is 36.4 Å². The summed E-state index contributed by atoms with van der Waals surface area (Å²) < 4.78 is 10.8. The number of nitrogens with one attached hydrogen (secondary N) is 3. The number of aromatic nitrogens is 2. The third kappa shape index (κ3) is 15.6. The number of fused-ring (bicyclic) bond motifs is 6. The molecule has 404 valence electrons. The maximum Gasteiger partial charge on any atom is 0.410 e. The van der Waals surface area contributed by atoms with E-state index in [1.807, 2.05) is 65.8 Å². The third-order valence-electron chi connectivity index (χ3n) is 14.8. The Hall–Kier alpha value is -4.46. The van der Waals surface area contributed by atoms with Crippen molar-refractivity contribution in [2.45, 2.75) is 170 Å². The number of ether oxygens (including phenoxy) is 2. The SMILES string of the molecule is CC(C)CC1NCCc2c1[nH]c1cccc(Cl)c21.CC(C)CC1c2[nH]c3cccc(Cl)c3c2CCN1C(=O)C1CCC(CN(C)C(=O)OC(C)(C)C)CC1.CN(CC1CCC(C(=O)O)CC1)C(=O)OC(C)(C)C. The van der Waals surface area contributed by atoms with E-state index in [0.29, 0.717) is 55.6 Å². The Morgan fingerprint density at radius 3 is 1.58 bits per heavy atom. The molecule has 8 rings (SSSR count). The van der Waals surface area contributed by atoms with Gasteiger partial charge in [0.05, 0.1) is 22.0 Å². The van der Waals surface area contributed by atoms with Crippen molar-refractivity contribution in [1.82, 2.24) is 30.0 Å². The Labute approximate surface area is 445 Å². The van der Waals surface area contributed by atoms with Crippen LogP contribution < -0.4 is 5.32 Å². The van der Waals surface area contributed by atoms with Crippen LogP contribution >= 0.6 is 23.2 Å². The van der Waals surface area contributed by atoms with E-state index in [1.165, 1.54) is 33.4 Å². The highest BCUT2D eigenvalue weighted by atomic mass is 35.5. The summed E-state index contributed by atoms with van der Waals surface area (Å²) in [5.74, 6) is 1.39. The molecular formula is C58H86Cl2N6O7. The number of aromatic amines is 2. The van der Waals surface area contributed by atoms with E-state index in [0.717, 1.165) is 98.2 Å². The molecule has 2 aliphatic heterocycles. The number of carbonyl (C=O) groups excluding carboxylic acids is 3. The molecule has 0 saturated heterocycles. The van der Waals surface area contributed by atoms with Crippen molar-refractivity contribution in [3.8, 4) is 0 Å². The Morgan fingerprint density at radius 2 is 1.12 bits per heavy atom. The maximum atomic E-state index is 13.8. The summed E-state index contributed by atoms with van der Waals surface area (Å²) in [7, 11) is 3.54. The Bertz CT molecular complexity index is 2510. The number of hydrogen-bond acceptors (Lipinski definition) is 7. The van der Waals surface area contributed by atoms with Gasteiger partial charge >= 0.3 is 18.2 Å². The number of halogens is 2. The molecule has 15 heteroatoms. The fourth-order valence-corrected chi connectivity index (χ4v) is 11.9. The number of hydrogen-bond donors (Lipinski definition) is 4. The predicted molar refractivity (Wildman–Crippen MR) is 294 cm³/mol. The van der Waals surface area contributed by atoms with Gasteiger partial charge in [-0.05, 0) is 184 Å². The monoisotopic (exact) mass is 1050 g/mol. The van der Waals surface area contributed by atoms with Gasteiger partial charge in [0.1, 0.15) is 11.2 Å². The van der Waals surface area contributed by atoms with Gasteiger partial charge in [-0.1, -0.05) is 63.0 Å². The smallest absolute Gasteiger partial charge is 0.410 e. The average Bonchev–Trinajstić information content (AvgIpc) is 3.89. The second-order valence-electron chi connectivity index (χ2n) is 24.2. The van der Waals surface area contributed by atoms with E-state index in [2.05, 4.69) is 60.0 Å². The molecule has 3 amide bonds. The molecule has 2 saturated carbocycles. The highest BCUT2D eigenvalue weighted by Crippen LogP contribution is 2.42. The molecule has 2 aliphatic carbocycles. The van der Waals surface area contributed by atoms with E-state index in [4.69, 9.17) is 37.8 Å². The summed E-state index contributed by atoms with van der Waals surface area (Å²) in [6.45, 7) is 23.3. The average molecular weight is 1050 g/mol. The van der Waals surface area contributed by atoms with Crippen molar-refractivity contribution in [3.63, 3.8) is 0 Å². The summed E-state index contributed by atoms with van der Waals surface area (Å²) in [5.41, 5.74) is 6.46. The largest absolute Gasteiger partial charge is 0.481 e. The van der Waals surface area contributed by atoms with Crippen LogP contribution in [0.3, 0.4) is 0 Å². The van der Waals surface area contributed by atoms with Gasteiger partial charge in [0, 0.05) is 78.9 Å². The molecule has 4 aromatic rings. The highest BCUT2D eigenvalue weighted by Gasteiger charge is 2.39. The molecule has 2 aromatic carbocycles. The van der Waals surface area contributed by atoms with Crippen LogP contribution in [0.25, 0.3) is 21.8 Å². The first kappa shape index (κ1) is 57.8. The lowest BCUT2D eigenvalue weighted by Crippen LogP contribution is -2.45. The molecule has 2 fully saturated rings. The second kappa shape index (κ2) is 24.9. The summed E-state index contributed by atoms with van der Waals surface area (Å²) in [5, 5.41) is 16.5. The van der Waals surface area contributed by atoms with E-state index >= 15 is 0 Å². The molecule has 4 N–H and O–H groups in total. The molecule has 2 unspecified atom stereocenters. The van der Waals surface area contributed by atoms with Crippen LogP contribution in [0.5, 0.6) is 0 Å². The number of aliphatic carboxylic acids is 1. The lowest BCUT2D eigenvalue weighted by atomic mass is 9.80. The van der Waals surface area contributed by atoms with Crippen molar-refractivity contribution < 1.29 is 33.8 Å². The number of H-pyrrole nitrogens is 2. The van der Waals surface area contributed by atoms with Crippen molar-refractivity contribution in [2.75, 3.05) is 40.3 Å². The second-order valence-corrected chi connectivity index (χ2v) is 25.0.